The Morgan fingerprint density at radius 1 is 1.40 bits per heavy atom. The number of halogens is 1. The number of pyridine rings is 1. The van der Waals surface area contributed by atoms with E-state index in [-0.39, 0.29) is 11.5 Å². The Morgan fingerprint density at radius 3 is 2.70 bits per heavy atom. The van der Waals surface area contributed by atoms with E-state index >= 15 is 0 Å². The van der Waals surface area contributed by atoms with E-state index in [1.54, 1.807) is 18.2 Å². The second-order valence-electron chi connectivity index (χ2n) is 3.79. The lowest BCUT2D eigenvalue weighted by atomic mass is 10.2. The third-order valence-corrected chi connectivity index (χ3v) is 2.77. The summed E-state index contributed by atoms with van der Waals surface area (Å²) in [5, 5.41) is 22.6. The summed E-state index contributed by atoms with van der Waals surface area (Å²) in [7, 11) is 0. The van der Waals surface area contributed by atoms with Crippen LogP contribution in [0.4, 0.5) is 23.0 Å². The molecule has 0 bridgehead atoms. The van der Waals surface area contributed by atoms with E-state index in [0.717, 1.165) is 0 Å². The highest BCUT2D eigenvalue weighted by molar-refractivity contribution is 6.32. The van der Waals surface area contributed by atoms with Crippen molar-refractivity contribution in [3.63, 3.8) is 0 Å². The first-order valence-corrected chi connectivity index (χ1v) is 5.76. The summed E-state index contributed by atoms with van der Waals surface area (Å²) in [5.74, 6) is 0.161. The van der Waals surface area contributed by atoms with Gasteiger partial charge in [-0.2, -0.15) is 5.26 Å². The fourth-order valence-corrected chi connectivity index (χ4v) is 1.75. The number of nitrogens with two attached hydrogens (primary N) is 1. The second kappa shape index (κ2) is 5.42. The predicted octanol–water partition coefficient (Wildman–Crippen LogP) is 2.84. The van der Waals surface area contributed by atoms with Gasteiger partial charge in [0, 0.05) is 11.8 Å². The predicted molar refractivity (Wildman–Crippen MR) is 74.8 cm³/mol. The minimum absolute atomic E-state index is 0.181. The van der Waals surface area contributed by atoms with Gasteiger partial charge in [0.25, 0.3) is 0 Å². The molecule has 0 fully saturated rings. The van der Waals surface area contributed by atoms with Crippen LogP contribution in [-0.4, -0.2) is 9.91 Å². The maximum Gasteiger partial charge on any atom is 0.311 e. The third kappa shape index (κ3) is 2.76. The summed E-state index contributed by atoms with van der Waals surface area (Å²) in [6.45, 7) is 0. The van der Waals surface area contributed by atoms with Crippen molar-refractivity contribution >= 4 is 34.6 Å². The van der Waals surface area contributed by atoms with Crippen molar-refractivity contribution in [2.45, 2.75) is 0 Å². The molecule has 0 aliphatic heterocycles. The minimum Gasteiger partial charge on any atom is -0.378 e. The van der Waals surface area contributed by atoms with Crippen molar-refractivity contribution < 1.29 is 4.92 Å². The molecule has 20 heavy (non-hydrogen) atoms. The van der Waals surface area contributed by atoms with Gasteiger partial charge in [0.15, 0.2) is 0 Å². The maximum atomic E-state index is 10.6. The van der Waals surface area contributed by atoms with Gasteiger partial charge < -0.3 is 11.1 Å². The van der Waals surface area contributed by atoms with E-state index in [0.29, 0.717) is 22.1 Å². The monoisotopic (exact) mass is 289 g/mol. The van der Waals surface area contributed by atoms with Crippen LogP contribution in [-0.2, 0) is 0 Å². The van der Waals surface area contributed by atoms with Crippen LogP contribution >= 0.6 is 11.6 Å². The number of nitriles is 1. The van der Waals surface area contributed by atoms with E-state index < -0.39 is 4.92 Å². The Bertz CT molecular complexity index is 726. The van der Waals surface area contributed by atoms with Gasteiger partial charge in [-0.15, -0.1) is 0 Å². The van der Waals surface area contributed by atoms with Crippen LogP contribution in [0.2, 0.25) is 5.02 Å². The zero-order valence-corrected chi connectivity index (χ0v) is 10.8. The van der Waals surface area contributed by atoms with Crippen molar-refractivity contribution in [2.75, 3.05) is 11.1 Å². The van der Waals surface area contributed by atoms with Gasteiger partial charge in [-0.1, -0.05) is 11.6 Å². The van der Waals surface area contributed by atoms with Crippen molar-refractivity contribution in [3.8, 4) is 6.07 Å². The average Bonchev–Trinajstić information content (AvgIpc) is 2.38. The van der Waals surface area contributed by atoms with E-state index in [1.165, 1.54) is 12.1 Å². The number of nitrogens with one attached hydrogen (secondary N) is 1. The van der Waals surface area contributed by atoms with Gasteiger partial charge in [-0.25, -0.2) is 4.98 Å². The van der Waals surface area contributed by atoms with Crippen LogP contribution in [0.3, 0.4) is 0 Å². The Kier molecular flexibility index (Phi) is 3.68. The van der Waals surface area contributed by atoms with E-state index in [4.69, 9.17) is 22.6 Å². The van der Waals surface area contributed by atoms with Crippen LogP contribution in [0.15, 0.2) is 30.3 Å². The number of nitrogen functional groups attached to an aromatic ring is 1. The normalized spacial score (nSPS) is 9.80. The topological polar surface area (TPSA) is 118 Å². The fraction of sp³-hybridized carbons (Fsp3) is 0. The quantitative estimate of drug-likeness (QED) is 0.662. The summed E-state index contributed by atoms with van der Waals surface area (Å²) >= 11 is 5.90. The summed E-state index contributed by atoms with van der Waals surface area (Å²) in [5.41, 5.74) is 6.18. The molecule has 0 amide bonds. The van der Waals surface area contributed by atoms with Crippen LogP contribution in [0, 0.1) is 21.4 Å². The summed E-state index contributed by atoms with van der Waals surface area (Å²) in [6.07, 6.45) is 0. The maximum absolute atomic E-state index is 10.6. The highest BCUT2D eigenvalue weighted by atomic mass is 35.5. The molecule has 0 radical (unpaired) electrons. The van der Waals surface area contributed by atoms with Crippen molar-refractivity contribution in [1.82, 2.24) is 4.98 Å². The Balaban J connectivity index is 2.27. The standard InChI is InChI=1S/C12H8ClN5O2/c13-9-5-8(2-1-7(9)6-14)16-11-4-3-10(18(19)20)12(15)17-11/h1-5H,(H3,15,16,17). The van der Waals surface area contributed by atoms with Gasteiger partial charge in [0.05, 0.1) is 15.5 Å². The highest BCUT2D eigenvalue weighted by Crippen LogP contribution is 2.25. The van der Waals surface area contributed by atoms with E-state index in [9.17, 15) is 10.1 Å². The molecular weight excluding hydrogens is 282 g/mol. The van der Waals surface area contributed by atoms with Gasteiger partial charge in [-0.3, -0.25) is 10.1 Å². The summed E-state index contributed by atoms with van der Waals surface area (Å²) < 4.78 is 0. The molecule has 3 N–H and O–H groups in total. The molecule has 8 heteroatoms. The zero-order valence-electron chi connectivity index (χ0n) is 10.0. The van der Waals surface area contributed by atoms with Crippen molar-refractivity contribution in [1.29, 1.82) is 5.26 Å². The Labute approximate surface area is 118 Å². The molecule has 1 aromatic carbocycles. The lowest BCUT2D eigenvalue weighted by Gasteiger charge is -2.07. The largest absolute Gasteiger partial charge is 0.378 e. The number of aromatic nitrogens is 1. The molecule has 1 heterocycles. The highest BCUT2D eigenvalue weighted by Gasteiger charge is 2.13. The second-order valence-corrected chi connectivity index (χ2v) is 4.20. The molecule has 0 aliphatic rings. The first kappa shape index (κ1) is 13.6. The van der Waals surface area contributed by atoms with Crippen LogP contribution in [0.25, 0.3) is 0 Å². The van der Waals surface area contributed by atoms with Crippen LogP contribution < -0.4 is 11.1 Å². The molecule has 0 atom stereocenters. The Morgan fingerprint density at radius 2 is 2.15 bits per heavy atom. The van der Waals surface area contributed by atoms with Crippen molar-refractivity contribution in [2.24, 2.45) is 0 Å². The third-order valence-electron chi connectivity index (χ3n) is 2.46. The van der Waals surface area contributed by atoms with Gasteiger partial charge in [0.2, 0.25) is 5.82 Å². The number of benzene rings is 1. The average molecular weight is 290 g/mol. The molecule has 0 saturated heterocycles. The smallest absolute Gasteiger partial charge is 0.311 e. The lowest BCUT2D eigenvalue weighted by Crippen LogP contribution is -2.01. The first-order valence-electron chi connectivity index (χ1n) is 5.39. The van der Waals surface area contributed by atoms with Crippen LogP contribution in [0.1, 0.15) is 5.56 Å². The molecule has 0 saturated carbocycles. The van der Waals surface area contributed by atoms with Gasteiger partial charge in [0.1, 0.15) is 11.9 Å². The minimum atomic E-state index is -0.606. The Hall–Kier alpha value is -2.85. The molecule has 1 aromatic heterocycles. The van der Waals surface area contributed by atoms with E-state index in [2.05, 4.69) is 10.3 Å². The zero-order chi connectivity index (χ0) is 14.7. The molecule has 100 valence electrons. The SMILES string of the molecule is N#Cc1ccc(Nc2ccc([N+](=O)[O-])c(N)n2)cc1Cl. The molecule has 0 unspecified atom stereocenters. The summed E-state index contributed by atoms with van der Waals surface area (Å²) in [4.78, 5) is 13.9. The molecule has 2 aromatic rings. The first-order chi connectivity index (χ1) is 9.51. The molecular formula is C12H8ClN5O2. The molecule has 0 spiro atoms. The fourth-order valence-electron chi connectivity index (χ4n) is 1.52. The number of hydrogen-bond donors (Lipinski definition) is 2. The lowest BCUT2D eigenvalue weighted by molar-refractivity contribution is -0.384. The molecule has 0 aliphatic carbocycles. The van der Waals surface area contributed by atoms with Crippen molar-refractivity contribution in [3.05, 3.63) is 51.0 Å². The number of anilines is 3. The molecule has 2 rings (SSSR count). The van der Waals surface area contributed by atoms with E-state index in [1.807, 2.05) is 6.07 Å². The number of rotatable bonds is 3. The number of nitro groups is 1. The van der Waals surface area contributed by atoms with Gasteiger partial charge in [-0.05, 0) is 24.3 Å². The van der Waals surface area contributed by atoms with Gasteiger partial charge >= 0.3 is 5.69 Å². The summed E-state index contributed by atoms with van der Waals surface area (Å²) in [6, 6.07) is 9.39. The number of hydrogen-bond acceptors (Lipinski definition) is 6. The number of nitrogens with zero attached hydrogens (tertiary/aromatic N) is 3. The van der Waals surface area contributed by atoms with Crippen LogP contribution in [0.5, 0.6) is 0 Å². The molecule has 7 nitrogen and oxygen atoms in total.